The lowest BCUT2D eigenvalue weighted by Crippen LogP contribution is -3.22. The predicted molar refractivity (Wildman–Crippen MR) is 82.9 cm³/mol. The number of amides is 1. The van der Waals surface area contributed by atoms with Crippen LogP contribution in [0.4, 0.5) is 10.1 Å². The molecule has 0 radical (unpaired) electrons. The average molecular weight is 342 g/mol. The van der Waals surface area contributed by atoms with E-state index in [4.69, 9.17) is 16.3 Å². The molecule has 124 valence electrons. The number of cyclic esters (lactones) is 1. The van der Waals surface area contributed by atoms with Gasteiger partial charge in [-0.3, -0.25) is 4.79 Å². The average Bonchev–Trinajstić information content (AvgIpc) is 2.54. The molecule has 2 aliphatic heterocycles. The van der Waals surface area contributed by atoms with Gasteiger partial charge in [-0.25, -0.2) is 9.18 Å². The number of carbonyl (C=O) groups excluding carboxylic acids is 2. The molecular weight excluding hydrogens is 323 g/mol. The maximum absolute atomic E-state index is 13.1. The summed E-state index contributed by atoms with van der Waals surface area (Å²) < 4.78 is 18.4. The maximum Gasteiger partial charge on any atom is 0.365 e. The topological polar surface area (TPSA) is 59.8 Å². The molecule has 0 aliphatic carbocycles. The van der Waals surface area contributed by atoms with Crippen molar-refractivity contribution in [3.05, 3.63) is 29.0 Å². The Kier molecular flexibility index (Phi) is 4.82. The first-order valence-electron chi connectivity index (χ1n) is 7.81. The molecule has 3 rings (SSSR count). The van der Waals surface area contributed by atoms with E-state index < -0.39 is 11.9 Å². The van der Waals surface area contributed by atoms with Gasteiger partial charge >= 0.3 is 5.97 Å². The van der Waals surface area contributed by atoms with Crippen LogP contribution in [-0.2, 0) is 14.3 Å². The van der Waals surface area contributed by atoms with Crippen molar-refractivity contribution in [2.75, 3.05) is 18.5 Å². The lowest BCUT2D eigenvalue weighted by atomic mass is 9.97. The van der Waals surface area contributed by atoms with Crippen molar-refractivity contribution in [1.82, 2.24) is 0 Å². The van der Waals surface area contributed by atoms with Gasteiger partial charge in [-0.1, -0.05) is 11.6 Å². The molecule has 0 bridgehead atoms. The number of fused-ring (bicyclic) bond motifs is 1. The SMILES string of the molecule is O=C(C[C@@H]1C(=O)OC[C@H]2CCCC[NH+]21)Nc1ccc(F)c(Cl)c1. The van der Waals surface area contributed by atoms with Gasteiger partial charge in [0.2, 0.25) is 5.91 Å². The van der Waals surface area contributed by atoms with E-state index in [1.54, 1.807) is 0 Å². The number of nitrogens with one attached hydrogen (secondary N) is 2. The normalized spacial score (nSPS) is 27.0. The molecule has 2 N–H and O–H groups in total. The quantitative estimate of drug-likeness (QED) is 0.811. The summed E-state index contributed by atoms with van der Waals surface area (Å²) in [5, 5.41) is 2.61. The Bertz CT molecular complexity index is 625. The van der Waals surface area contributed by atoms with Crippen molar-refractivity contribution in [1.29, 1.82) is 0 Å². The number of quaternary nitrogens is 1. The van der Waals surface area contributed by atoms with E-state index in [2.05, 4.69) is 5.32 Å². The molecule has 1 aromatic rings. The van der Waals surface area contributed by atoms with Gasteiger partial charge in [-0.05, 0) is 31.0 Å². The highest BCUT2D eigenvalue weighted by Gasteiger charge is 2.43. The highest BCUT2D eigenvalue weighted by Crippen LogP contribution is 2.19. The maximum atomic E-state index is 13.1. The summed E-state index contributed by atoms with van der Waals surface area (Å²) in [7, 11) is 0. The fraction of sp³-hybridized carbons (Fsp3) is 0.500. The molecule has 1 amide bonds. The molecule has 5 nitrogen and oxygen atoms in total. The lowest BCUT2D eigenvalue weighted by molar-refractivity contribution is -0.951. The van der Waals surface area contributed by atoms with E-state index in [1.165, 1.54) is 18.2 Å². The highest BCUT2D eigenvalue weighted by molar-refractivity contribution is 6.31. The zero-order valence-corrected chi connectivity index (χ0v) is 13.4. The lowest BCUT2D eigenvalue weighted by Gasteiger charge is -2.40. The van der Waals surface area contributed by atoms with Crippen LogP contribution in [0.25, 0.3) is 0 Å². The third kappa shape index (κ3) is 3.64. The standard InChI is InChI=1S/C16H18ClFN2O3/c17-12-7-10(4-5-13(12)18)19-15(21)8-14-16(22)23-9-11-3-1-2-6-20(11)14/h4-5,7,11,14H,1-3,6,8-9H2,(H,19,21)/p+1/t11-,14-/m1/s1. The number of halogens is 2. The summed E-state index contributed by atoms with van der Waals surface area (Å²) in [6, 6.07) is 3.81. The summed E-state index contributed by atoms with van der Waals surface area (Å²) in [6.45, 7) is 1.33. The second-order valence-electron chi connectivity index (χ2n) is 6.08. The van der Waals surface area contributed by atoms with Gasteiger partial charge in [0.25, 0.3) is 0 Å². The summed E-state index contributed by atoms with van der Waals surface area (Å²) in [5.41, 5.74) is 0.413. The van der Waals surface area contributed by atoms with Crippen LogP contribution in [0.15, 0.2) is 18.2 Å². The smallest absolute Gasteiger partial charge is 0.365 e. The minimum atomic E-state index is -0.541. The second-order valence-corrected chi connectivity index (χ2v) is 6.49. The van der Waals surface area contributed by atoms with E-state index >= 15 is 0 Å². The molecule has 2 saturated heterocycles. The summed E-state index contributed by atoms with van der Waals surface area (Å²) >= 11 is 5.70. The van der Waals surface area contributed by atoms with Crippen LogP contribution >= 0.6 is 11.6 Å². The van der Waals surface area contributed by atoms with Gasteiger partial charge in [0.15, 0.2) is 6.04 Å². The van der Waals surface area contributed by atoms with Gasteiger partial charge in [0.05, 0.1) is 18.0 Å². The van der Waals surface area contributed by atoms with Crippen LogP contribution in [-0.4, -0.2) is 37.1 Å². The summed E-state index contributed by atoms with van der Waals surface area (Å²) in [4.78, 5) is 25.4. The third-order valence-corrected chi connectivity index (χ3v) is 4.83. The Labute approximate surface area is 138 Å². The van der Waals surface area contributed by atoms with E-state index in [0.29, 0.717) is 18.3 Å². The molecule has 0 aromatic heterocycles. The molecule has 7 heteroatoms. The number of carbonyl (C=O) groups is 2. The van der Waals surface area contributed by atoms with Crippen molar-refractivity contribution in [3.63, 3.8) is 0 Å². The van der Waals surface area contributed by atoms with Crippen molar-refractivity contribution in [2.24, 2.45) is 0 Å². The number of ether oxygens (including phenoxy) is 1. The van der Waals surface area contributed by atoms with Crippen LogP contribution in [0.2, 0.25) is 5.02 Å². The minimum Gasteiger partial charge on any atom is -0.455 e. The number of anilines is 1. The first-order valence-corrected chi connectivity index (χ1v) is 8.19. The first-order chi connectivity index (χ1) is 11.0. The molecule has 1 aromatic carbocycles. The zero-order valence-electron chi connectivity index (χ0n) is 12.6. The fourth-order valence-corrected chi connectivity index (χ4v) is 3.56. The Hall–Kier alpha value is -1.66. The van der Waals surface area contributed by atoms with Gasteiger partial charge in [-0.2, -0.15) is 0 Å². The molecule has 2 aliphatic rings. The highest BCUT2D eigenvalue weighted by atomic mass is 35.5. The van der Waals surface area contributed by atoms with E-state index in [0.717, 1.165) is 30.7 Å². The van der Waals surface area contributed by atoms with Gasteiger partial charge < -0.3 is 15.0 Å². The molecule has 2 heterocycles. The zero-order chi connectivity index (χ0) is 16.4. The number of esters is 1. The van der Waals surface area contributed by atoms with E-state index in [-0.39, 0.29) is 23.3 Å². The van der Waals surface area contributed by atoms with Crippen molar-refractivity contribution >= 4 is 29.2 Å². The molecule has 23 heavy (non-hydrogen) atoms. The number of hydrogen-bond donors (Lipinski definition) is 2. The number of piperidine rings is 1. The van der Waals surface area contributed by atoms with Crippen molar-refractivity contribution in [3.8, 4) is 0 Å². The summed E-state index contributed by atoms with van der Waals surface area (Å²) in [6.07, 6.45) is 3.28. The van der Waals surface area contributed by atoms with Gasteiger partial charge in [0.1, 0.15) is 18.5 Å². The Morgan fingerprint density at radius 2 is 2.26 bits per heavy atom. The molecule has 0 spiro atoms. The van der Waals surface area contributed by atoms with Crippen LogP contribution < -0.4 is 10.2 Å². The molecule has 2 fully saturated rings. The van der Waals surface area contributed by atoms with Crippen LogP contribution in [0, 0.1) is 5.82 Å². The molecule has 3 atom stereocenters. The number of rotatable bonds is 3. The number of morpholine rings is 1. The van der Waals surface area contributed by atoms with E-state index in [9.17, 15) is 14.0 Å². The number of benzene rings is 1. The van der Waals surface area contributed by atoms with Crippen molar-refractivity contribution in [2.45, 2.75) is 37.8 Å². The molecule has 0 saturated carbocycles. The van der Waals surface area contributed by atoms with Crippen LogP contribution in [0.1, 0.15) is 25.7 Å². The van der Waals surface area contributed by atoms with Crippen LogP contribution in [0.5, 0.6) is 0 Å². The predicted octanol–water partition coefficient (Wildman–Crippen LogP) is 1.17. The van der Waals surface area contributed by atoms with Gasteiger partial charge in [0, 0.05) is 12.1 Å². The number of hydrogen-bond acceptors (Lipinski definition) is 3. The first kappa shape index (κ1) is 16.2. The van der Waals surface area contributed by atoms with Crippen molar-refractivity contribution < 1.29 is 23.6 Å². The minimum absolute atomic E-state index is 0.0541. The van der Waals surface area contributed by atoms with Gasteiger partial charge in [-0.15, -0.1) is 0 Å². The van der Waals surface area contributed by atoms with E-state index in [1.807, 2.05) is 0 Å². The third-order valence-electron chi connectivity index (χ3n) is 4.54. The Morgan fingerprint density at radius 3 is 3.04 bits per heavy atom. The summed E-state index contributed by atoms with van der Waals surface area (Å²) in [5.74, 6) is -1.15. The second kappa shape index (κ2) is 6.84. The Morgan fingerprint density at radius 1 is 1.43 bits per heavy atom. The molecular formula is C16H19ClFN2O3+. The monoisotopic (exact) mass is 341 g/mol. The Balaban J connectivity index is 1.65. The van der Waals surface area contributed by atoms with Crippen LogP contribution in [0.3, 0.4) is 0 Å². The molecule has 1 unspecified atom stereocenters. The fourth-order valence-electron chi connectivity index (χ4n) is 3.38. The largest absolute Gasteiger partial charge is 0.455 e.